The summed E-state index contributed by atoms with van der Waals surface area (Å²) in [5.41, 5.74) is -1.13. The van der Waals surface area contributed by atoms with Gasteiger partial charge in [-0.15, -0.1) is 0 Å². The first kappa shape index (κ1) is 38.3. The minimum Gasteiger partial charge on any atom is -0.324 e. The third-order valence-electron chi connectivity index (χ3n) is 7.35. The lowest BCUT2D eigenvalue weighted by molar-refractivity contribution is 0.106. The molecule has 0 amide bonds. The van der Waals surface area contributed by atoms with Gasteiger partial charge < -0.3 is 5.32 Å². The molecule has 25 heteroatoms. The number of hydrogen-bond acceptors (Lipinski definition) is 15. The standard InChI is InChI=1S/C29H20ClN7O13S4/c30-27-33-28(31-16-6-8-17(9-7-16)51(39,40)41)35-29(34-27)32-21-13-18(52(42,43)44)11-15-12-22(53(45,46)47)24(25(38)23(15)21)37-36-20-10-5-14-3-1-2-4-19(14)26(20)54(48,49)50/h1-13,36H,(H,39,40,41)(H,42,43,44)(H,45,46,47)(H,48,49,50)(H2,31,32,33,34,35)/b37-24-. The largest absolute Gasteiger partial charge is 0.324 e. The van der Waals surface area contributed by atoms with Gasteiger partial charge >= 0.3 is 0 Å². The van der Waals surface area contributed by atoms with Crippen molar-refractivity contribution < 1.29 is 56.7 Å². The number of carbonyl (C=O) groups is 1. The fourth-order valence-electron chi connectivity index (χ4n) is 5.12. The van der Waals surface area contributed by atoms with Crippen LogP contribution in [0.15, 0.2) is 102 Å². The number of rotatable bonds is 9. The molecule has 20 nitrogen and oxygen atoms in total. The van der Waals surface area contributed by atoms with Crippen LogP contribution in [0.25, 0.3) is 16.8 Å². The number of carbonyl (C=O) groups excluding carboxylic acids is 1. The van der Waals surface area contributed by atoms with E-state index < -0.39 is 99.7 Å². The van der Waals surface area contributed by atoms with E-state index in [9.17, 15) is 56.7 Å². The molecule has 0 spiro atoms. The van der Waals surface area contributed by atoms with E-state index in [-0.39, 0.29) is 22.3 Å². The number of hydrazone groups is 1. The molecule has 1 aliphatic carbocycles. The predicted octanol–water partition coefficient (Wildman–Crippen LogP) is 3.22. The molecule has 0 radical (unpaired) electrons. The highest BCUT2D eigenvalue weighted by atomic mass is 35.5. The molecule has 0 bridgehead atoms. The lowest BCUT2D eigenvalue weighted by Gasteiger charge is -2.19. The number of benzene rings is 4. The Bertz CT molecular complexity index is 3020. The second-order valence-corrected chi connectivity index (χ2v) is 16.9. The summed E-state index contributed by atoms with van der Waals surface area (Å²) in [6.07, 6.45) is 0.643. The first-order chi connectivity index (χ1) is 25.1. The van der Waals surface area contributed by atoms with Gasteiger partial charge in [-0.25, -0.2) is 4.99 Å². The number of H-pyrrole nitrogens is 1. The molecule has 54 heavy (non-hydrogen) atoms. The van der Waals surface area contributed by atoms with Crippen LogP contribution in [0.2, 0.25) is 5.28 Å². The molecule has 0 unspecified atom stereocenters. The summed E-state index contributed by atoms with van der Waals surface area (Å²) < 4.78 is 136. The van der Waals surface area contributed by atoms with Crippen LogP contribution in [-0.4, -0.2) is 78.3 Å². The lowest BCUT2D eigenvalue weighted by Crippen LogP contribution is -2.28. The summed E-state index contributed by atoms with van der Waals surface area (Å²) in [4.78, 5) is 25.5. The monoisotopic (exact) mass is 837 g/mol. The molecule has 1 heterocycles. The third-order valence-corrected chi connectivity index (χ3v) is 11.1. The fourth-order valence-corrected chi connectivity index (χ4v) is 7.81. The van der Waals surface area contributed by atoms with Crippen molar-refractivity contribution in [2.75, 3.05) is 10.7 Å². The van der Waals surface area contributed by atoms with Crippen LogP contribution in [0.1, 0.15) is 15.9 Å². The van der Waals surface area contributed by atoms with Crippen LogP contribution in [-0.2, 0) is 40.5 Å². The first-order valence-corrected chi connectivity index (χ1v) is 20.5. The highest BCUT2D eigenvalue weighted by molar-refractivity contribution is 7.91. The van der Waals surface area contributed by atoms with E-state index in [0.29, 0.717) is 23.6 Å². The number of nitrogens with one attached hydrogen (secondary N) is 3. The number of ketones is 1. The number of hydrogen-bond donors (Lipinski definition) is 7. The zero-order valence-electron chi connectivity index (χ0n) is 26.3. The Hall–Kier alpha value is -5.44. The topological polar surface area (TPSA) is 325 Å². The van der Waals surface area contributed by atoms with Crippen molar-refractivity contribution in [3.63, 3.8) is 0 Å². The van der Waals surface area contributed by atoms with Crippen LogP contribution in [0.5, 0.6) is 0 Å². The summed E-state index contributed by atoms with van der Waals surface area (Å²) in [7, 11) is -19.9. The molecular formula is C29H20ClN7O13S4. The zero-order valence-corrected chi connectivity index (χ0v) is 30.3. The van der Waals surface area contributed by atoms with Crippen LogP contribution < -0.4 is 16.4 Å². The van der Waals surface area contributed by atoms with Crippen molar-refractivity contribution in [2.24, 2.45) is 10.1 Å². The quantitative estimate of drug-likeness (QED) is 0.0827. The van der Waals surface area contributed by atoms with E-state index in [0.717, 1.165) is 18.2 Å². The molecule has 0 aliphatic heterocycles. The number of aromatic nitrogens is 3. The molecule has 1 aromatic heterocycles. The van der Waals surface area contributed by atoms with E-state index in [2.05, 4.69) is 35.8 Å². The minimum absolute atomic E-state index is 0.0265. The zero-order chi connectivity index (χ0) is 39.4. The van der Waals surface area contributed by atoms with Crippen LogP contribution in [0, 0.1) is 0 Å². The summed E-state index contributed by atoms with van der Waals surface area (Å²) >= 11 is 6.10. The van der Waals surface area contributed by atoms with E-state index in [1.54, 1.807) is 6.07 Å². The van der Waals surface area contributed by atoms with Crippen molar-refractivity contribution in [2.45, 2.75) is 14.7 Å². The molecule has 0 fully saturated rings. The average Bonchev–Trinajstić information content (AvgIpc) is 3.05. The second kappa shape index (κ2) is 13.8. The number of halogens is 1. The lowest BCUT2D eigenvalue weighted by atomic mass is 9.93. The Morgan fingerprint density at radius 3 is 2.04 bits per heavy atom. The third kappa shape index (κ3) is 8.05. The predicted molar refractivity (Wildman–Crippen MR) is 191 cm³/mol. The number of Topliss-reactive ketones (excluding diaryl/α,β-unsaturated/α-hetero) is 1. The van der Waals surface area contributed by atoms with Gasteiger partial charge in [0.15, 0.2) is 5.71 Å². The number of nitrogens with zero attached hydrogens (tertiary/aromatic N) is 4. The van der Waals surface area contributed by atoms with Gasteiger partial charge in [0.1, 0.15) is 9.80 Å². The summed E-state index contributed by atoms with van der Waals surface area (Å²) in [5, 5.41) is 6.50. The van der Waals surface area contributed by atoms with E-state index in [4.69, 9.17) is 11.6 Å². The normalized spacial score (nSPS) is 14.9. The van der Waals surface area contributed by atoms with Crippen LogP contribution >= 0.6 is 11.6 Å². The molecule has 280 valence electrons. The van der Waals surface area contributed by atoms with Crippen molar-refractivity contribution in [3.05, 3.63) is 99.7 Å². The van der Waals surface area contributed by atoms with Crippen molar-refractivity contribution in [3.8, 4) is 0 Å². The average molecular weight is 838 g/mol. The van der Waals surface area contributed by atoms with Gasteiger partial charge in [0, 0.05) is 11.1 Å². The molecule has 5 aromatic rings. The maximum Gasteiger partial charge on any atom is 0.297 e. The van der Waals surface area contributed by atoms with Crippen molar-refractivity contribution in [1.82, 2.24) is 15.0 Å². The number of allylic oxidation sites excluding steroid dienone is 1. The van der Waals surface area contributed by atoms with Crippen LogP contribution in [0.4, 0.5) is 23.0 Å². The van der Waals surface area contributed by atoms with Gasteiger partial charge in [-0.2, -0.15) is 48.7 Å². The molecule has 0 atom stereocenters. The fraction of sp³-hybridized carbons (Fsp3) is 0. The van der Waals surface area contributed by atoms with Gasteiger partial charge in [-0.1, -0.05) is 30.3 Å². The molecular weight excluding hydrogens is 818 g/mol. The maximum absolute atomic E-state index is 14.1. The van der Waals surface area contributed by atoms with Gasteiger partial charge in [0.25, 0.3) is 40.5 Å². The van der Waals surface area contributed by atoms with Crippen LogP contribution in [0.3, 0.4) is 0 Å². The van der Waals surface area contributed by atoms with Gasteiger partial charge in [-0.05, 0) is 71.1 Å². The molecule has 4 aromatic carbocycles. The van der Waals surface area contributed by atoms with Gasteiger partial charge in [0.2, 0.25) is 22.6 Å². The van der Waals surface area contributed by atoms with Gasteiger partial charge in [-0.3, -0.25) is 33.4 Å². The smallest absolute Gasteiger partial charge is 0.297 e. The minimum atomic E-state index is -5.34. The SMILES string of the molecule is O=C1/C(=N\Nc2ccc3ccccc3c2S(=O)(=O)O)C(S(=O)(=O)O)=Cc2cc(S(=O)(=O)O)cc(N=c3nc(Nc4ccc(S(=O)(=O)O)cc4)nc(Cl)[nH]3)c21. The maximum atomic E-state index is 14.1. The Morgan fingerprint density at radius 2 is 1.41 bits per heavy atom. The van der Waals surface area contributed by atoms with Crippen molar-refractivity contribution >= 4 is 103 Å². The first-order valence-electron chi connectivity index (χ1n) is 14.4. The summed E-state index contributed by atoms with van der Waals surface area (Å²) in [6, 6.07) is 14.6. The summed E-state index contributed by atoms with van der Waals surface area (Å²) in [6.45, 7) is 0. The Kier molecular flexibility index (Phi) is 9.76. The molecule has 1 aliphatic rings. The number of fused-ring (bicyclic) bond motifs is 2. The molecule has 0 saturated heterocycles. The van der Waals surface area contributed by atoms with E-state index in [1.807, 2.05) is 0 Å². The highest BCUT2D eigenvalue weighted by Crippen LogP contribution is 2.36. The Morgan fingerprint density at radius 1 is 0.741 bits per heavy atom. The second-order valence-electron chi connectivity index (χ2n) is 10.9. The van der Waals surface area contributed by atoms with E-state index in [1.165, 1.54) is 36.4 Å². The number of aromatic amines is 1. The highest BCUT2D eigenvalue weighted by Gasteiger charge is 2.36. The number of anilines is 3. The van der Waals surface area contributed by atoms with E-state index >= 15 is 0 Å². The van der Waals surface area contributed by atoms with Crippen molar-refractivity contribution in [1.29, 1.82) is 0 Å². The molecule has 7 N–H and O–H groups in total. The summed E-state index contributed by atoms with van der Waals surface area (Å²) in [5.74, 6) is -1.60. The Labute approximate surface area is 309 Å². The Balaban J connectivity index is 1.51. The molecule has 6 rings (SSSR count). The molecule has 0 saturated carbocycles. The van der Waals surface area contributed by atoms with Gasteiger partial charge in [0.05, 0.1) is 26.7 Å².